The molecule has 8 heteroatoms. The minimum absolute atomic E-state index is 0.00771. The van der Waals surface area contributed by atoms with Crippen LogP contribution in [0.2, 0.25) is 0 Å². The van der Waals surface area contributed by atoms with Gasteiger partial charge in [-0.15, -0.1) is 4.91 Å². The van der Waals surface area contributed by atoms with Crippen molar-refractivity contribution in [2.45, 2.75) is 13.3 Å². The average molecular weight is 431 g/mol. The highest BCUT2D eigenvalue weighted by atomic mass is 16.5. The van der Waals surface area contributed by atoms with Crippen LogP contribution in [0.25, 0.3) is 0 Å². The number of carbonyl (C=O) groups excluding carboxylic acids is 3. The lowest BCUT2D eigenvalue weighted by atomic mass is 10.1. The highest BCUT2D eigenvalue weighted by molar-refractivity contribution is 6.10. The normalized spacial score (nSPS) is 10.2. The van der Waals surface area contributed by atoms with Crippen LogP contribution in [0.5, 0.6) is 5.75 Å². The minimum Gasteiger partial charge on any atom is -0.494 e. The van der Waals surface area contributed by atoms with Gasteiger partial charge in [0.05, 0.1) is 17.9 Å². The fourth-order valence-corrected chi connectivity index (χ4v) is 2.89. The standard InChI is InChI=1S/C24H21N3O5/c1-2-14-32-19-12-10-16(11-13-19)22(28)25-18-7-5-6-17(15-18)23(29)26-21-9-4-3-8-20(21)24(30)27-31/h3-13,15H,2,14H2,1H3,(H,25,28)(H,26,29). The first-order valence-electron chi connectivity index (χ1n) is 9.94. The fraction of sp³-hybridized carbons (Fsp3) is 0.125. The van der Waals surface area contributed by atoms with Crippen molar-refractivity contribution in [2.24, 2.45) is 5.18 Å². The summed E-state index contributed by atoms with van der Waals surface area (Å²) in [6.07, 6.45) is 0.891. The molecule has 0 atom stereocenters. The van der Waals surface area contributed by atoms with E-state index in [9.17, 15) is 19.3 Å². The summed E-state index contributed by atoms with van der Waals surface area (Å²) in [6.45, 7) is 2.61. The van der Waals surface area contributed by atoms with Crippen LogP contribution in [0.15, 0.2) is 78.0 Å². The quantitative estimate of drug-likeness (QED) is 0.493. The number of amides is 3. The highest BCUT2D eigenvalue weighted by Crippen LogP contribution is 2.19. The molecule has 32 heavy (non-hydrogen) atoms. The zero-order valence-corrected chi connectivity index (χ0v) is 17.3. The van der Waals surface area contributed by atoms with Crippen molar-refractivity contribution in [3.05, 3.63) is 94.4 Å². The topological polar surface area (TPSA) is 114 Å². The van der Waals surface area contributed by atoms with E-state index in [1.54, 1.807) is 54.6 Å². The number of carbonyl (C=O) groups is 3. The predicted molar refractivity (Wildman–Crippen MR) is 121 cm³/mol. The van der Waals surface area contributed by atoms with Crippen molar-refractivity contribution in [1.29, 1.82) is 0 Å². The molecule has 3 aromatic rings. The molecule has 0 spiro atoms. The number of rotatable bonds is 8. The van der Waals surface area contributed by atoms with Crippen LogP contribution in [0.3, 0.4) is 0 Å². The average Bonchev–Trinajstić information content (AvgIpc) is 2.83. The van der Waals surface area contributed by atoms with Crippen molar-refractivity contribution < 1.29 is 19.1 Å². The van der Waals surface area contributed by atoms with E-state index in [1.165, 1.54) is 18.2 Å². The largest absolute Gasteiger partial charge is 0.494 e. The number of nitrogens with one attached hydrogen (secondary N) is 2. The fourth-order valence-electron chi connectivity index (χ4n) is 2.89. The van der Waals surface area contributed by atoms with Crippen LogP contribution in [0, 0.1) is 4.91 Å². The van der Waals surface area contributed by atoms with Gasteiger partial charge >= 0.3 is 5.91 Å². The number of nitroso groups, excluding NO2 is 1. The molecule has 162 valence electrons. The summed E-state index contributed by atoms with van der Waals surface area (Å²) < 4.78 is 5.51. The summed E-state index contributed by atoms with van der Waals surface area (Å²) in [5.74, 6) is -1.14. The minimum atomic E-state index is -0.979. The van der Waals surface area contributed by atoms with Gasteiger partial charge in [0.2, 0.25) is 0 Å². The van der Waals surface area contributed by atoms with Gasteiger partial charge in [0.25, 0.3) is 11.8 Å². The van der Waals surface area contributed by atoms with Gasteiger partial charge in [-0.2, -0.15) is 0 Å². The van der Waals surface area contributed by atoms with Gasteiger partial charge in [0, 0.05) is 22.0 Å². The van der Waals surface area contributed by atoms with Crippen molar-refractivity contribution in [2.75, 3.05) is 17.2 Å². The Morgan fingerprint density at radius 3 is 2.28 bits per heavy atom. The molecule has 0 radical (unpaired) electrons. The summed E-state index contributed by atoms with van der Waals surface area (Å²) in [5, 5.41) is 7.74. The molecule has 3 amide bonds. The summed E-state index contributed by atoms with van der Waals surface area (Å²) >= 11 is 0. The molecule has 2 N–H and O–H groups in total. The number of hydrogen-bond donors (Lipinski definition) is 2. The molecule has 0 heterocycles. The van der Waals surface area contributed by atoms with Crippen molar-refractivity contribution in [1.82, 2.24) is 0 Å². The molecular formula is C24H21N3O5. The van der Waals surface area contributed by atoms with Gasteiger partial charge < -0.3 is 15.4 Å². The van der Waals surface area contributed by atoms with Crippen LogP contribution < -0.4 is 15.4 Å². The third-order valence-electron chi connectivity index (χ3n) is 4.46. The summed E-state index contributed by atoms with van der Waals surface area (Å²) in [7, 11) is 0. The molecule has 0 saturated carbocycles. The number of anilines is 2. The molecule has 3 aromatic carbocycles. The van der Waals surface area contributed by atoms with Gasteiger partial charge in [-0.25, -0.2) is 0 Å². The van der Waals surface area contributed by atoms with Gasteiger partial charge in [-0.1, -0.05) is 25.1 Å². The van der Waals surface area contributed by atoms with Crippen LogP contribution in [0.4, 0.5) is 11.4 Å². The SMILES string of the molecule is CCCOc1ccc(C(=O)Nc2cccc(C(=O)Nc3ccccc3C(=O)N=O)c2)cc1. The van der Waals surface area contributed by atoms with E-state index in [-0.39, 0.29) is 22.7 Å². The van der Waals surface area contributed by atoms with Crippen molar-refractivity contribution in [3.63, 3.8) is 0 Å². The zero-order valence-electron chi connectivity index (χ0n) is 17.3. The highest BCUT2D eigenvalue weighted by Gasteiger charge is 2.15. The summed E-state index contributed by atoms with van der Waals surface area (Å²) in [5.41, 5.74) is 1.28. The Morgan fingerprint density at radius 1 is 0.844 bits per heavy atom. The third kappa shape index (κ3) is 5.63. The first-order valence-corrected chi connectivity index (χ1v) is 9.94. The van der Waals surface area contributed by atoms with E-state index in [2.05, 4.69) is 15.8 Å². The maximum Gasteiger partial charge on any atom is 0.318 e. The second-order valence-electron chi connectivity index (χ2n) is 6.80. The third-order valence-corrected chi connectivity index (χ3v) is 4.46. The zero-order chi connectivity index (χ0) is 22.9. The second-order valence-corrected chi connectivity index (χ2v) is 6.80. The lowest BCUT2D eigenvalue weighted by Crippen LogP contribution is -2.16. The van der Waals surface area contributed by atoms with Gasteiger partial charge in [-0.3, -0.25) is 14.4 Å². The van der Waals surface area contributed by atoms with E-state index in [4.69, 9.17) is 4.74 Å². The van der Waals surface area contributed by atoms with E-state index >= 15 is 0 Å². The van der Waals surface area contributed by atoms with E-state index in [1.807, 2.05) is 6.92 Å². The van der Waals surface area contributed by atoms with Crippen LogP contribution in [-0.2, 0) is 0 Å². The van der Waals surface area contributed by atoms with Crippen LogP contribution in [-0.4, -0.2) is 24.3 Å². The molecule has 8 nitrogen and oxygen atoms in total. The molecule has 0 aliphatic heterocycles. The van der Waals surface area contributed by atoms with Crippen LogP contribution >= 0.6 is 0 Å². The maximum absolute atomic E-state index is 12.7. The van der Waals surface area contributed by atoms with Gasteiger partial charge in [-0.05, 0) is 61.0 Å². The molecule has 0 bridgehead atoms. The van der Waals surface area contributed by atoms with Crippen LogP contribution in [0.1, 0.15) is 44.4 Å². The van der Waals surface area contributed by atoms with E-state index < -0.39 is 11.8 Å². The lowest BCUT2D eigenvalue weighted by Gasteiger charge is -2.10. The first-order chi connectivity index (χ1) is 15.5. The van der Waals surface area contributed by atoms with E-state index in [0.29, 0.717) is 23.6 Å². The summed E-state index contributed by atoms with van der Waals surface area (Å²) in [6, 6.07) is 19.2. The summed E-state index contributed by atoms with van der Waals surface area (Å²) in [4.78, 5) is 47.4. The molecule has 0 aliphatic rings. The smallest absolute Gasteiger partial charge is 0.318 e. The van der Waals surface area contributed by atoms with Crippen molar-refractivity contribution in [3.8, 4) is 5.75 Å². The Balaban J connectivity index is 1.70. The Kier molecular flexibility index (Phi) is 7.42. The molecule has 3 rings (SSSR count). The lowest BCUT2D eigenvalue weighted by molar-refractivity contribution is 0.0998. The molecule has 0 unspecified atom stereocenters. The molecular weight excluding hydrogens is 410 g/mol. The molecule has 0 aromatic heterocycles. The predicted octanol–water partition coefficient (Wildman–Crippen LogP) is 4.89. The Hall–Kier alpha value is -4.33. The van der Waals surface area contributed by atoms with Crippen molar-refractivity contribution >= 4 is 29.1 Å². The molecule has 0 saturated heterocycles. The monoisotopic (exact) mass is 431 g/mol. The maximum atomic E-state index is 12.7. The van der Waals surface area contributed by atoms with Gasteiger partial charge in [0.15, 0.2) is 0 Å². The first kappa shape index (κ1) is 22.4. The van der Waals surface area contributed by atoms with E-state index in [0.717, 1.165) is 6.42 Å². The Morgan fingerprint density at radius 2 is 1.56 bits per heavy atom. The molecule has 0 aliphatic carbocycles. The number of hydrogen-bond acceptors (Lipinski definition) is 5. The Bertz CT molecular complexity index is 1140. The number of ether oxygens (including phenoxy) is 1. The van der Waals surface area contributed by atoms with Gasteiger partial charge in [0.1, 0.15) is 5.75 Å². The second kappa shape index (κ2) is 10.6. The Labute approximate surface area is 184 Å². The number of benzene rings is 3. The number of nitrogens with zero attached hydrogens (tertiary/aromatic N) is 1. The number of para-hydroxylation sites is 1. The molecule has 0 fully saturated rings.